The lowest BCUT2D eigenvalue weighted by atomic mass is 10.00. The number of methoxy groups -OCH3 is 1. The second-order valence-electron chi connectivity index (χ2n) is 6.28. The van der Waals surface area contributed by atoms with Crippen molar-refractivity contribution in [3.05, 3.63) is 0 Å². The summed E-state index contributed by atoms with van der Waals surface area (Å²) < 4.78 is 28.7. The molecule has 5 heteroatoms. The smallest absolute Gasteiger partial charge is 0.165 e. The average Bonchev–Trinajstić information content (AvgIpc) is 2.52. The zero-order valence-electron chi connectivity index (χ0n) is 16.1. The van der Waals surface area contributed by atoms with E-state index < -0.39 is 24.0 Å². The van der Waals surface area contributed by atoms with Gasteiger partial charge in [-0.15, -0.1) is 6.42 Å². The van der Waals surface area contributed by atoms with Crippen LogP contribution in [0.3, 0.4) is 0 Å². The first-order valence-corrected chi connectivity index (χ1v) is 8.26. The van der Waals surface area contributed by atoms with Gasteiger partial charge in [-0.05, 0) is 34.6 Å². The number of ether oxygens (including phenoxy) is 5. The Bertz CT molecular complexity index is 372. The topological polar surface area (TPSA) is 46.2 Å². The Labute approximate surface area is 142 Å². The van der Waals surface area contributed by atoms with E-state index >= 15 is 0 Å². The average molecular weight is 330 g/mol. The molecule has 0 bridgehead atoms. The van der Waals surface area contributed by atoms with Gasteiger partial charge in [0.05, 0.1) is 6.61 Å². The van der Waals surface area contributed by atoms with Crippen LogP contribution in [0.15, 0.2) is 0 Å². The highest BCUT2D eigenvalue weighted by Gasteiger charge is 2.38. The van der Waals surface area contributed by atoms with E-state index in [9.17, 15) is 0 Å². The van der Waals surface area contributed by atoms with Crippen molar-refractivity contribution in [2.75, 3.05) is 13.7 Å². The van der Waals surface area contributed by atoms with Crippen LogP contribution in [0.1, 0.15) is 55.4 Å². The van der Waals surface area contributed by atoms with Crippen LogP contribution in [0, 0.1) is 18.3 Å². The Morgan fingerprint density at radius 3 is 2.26 bits per heavy atom. The summed E-state index contributed by atoms with van der Waals surface area (Å²) >= 11 is 0. The summed E-state index contributed by atoms with van der Waals surface area (Å²) in [6.45, 7) is 15.6. The van der Waals surface area contributed by atoms with E-state index in [2.05, 4.69) is 5.92 Å². The molecule has 0 aromatic heterocycles. The summed E-state index contributed by atoms with van der Waals surface area (Å²) in [6, 6.07) is 0. The standard InChI is InChI=1S/C16H28O5.C2H6/c1-9-13-14(21-15(4,5)17-8)11(2)10-18-16(6,7)20-12(3)19-13;1-2/h1,11-14H,10H2,2-8H3;1-2H3/t11-,12?,13?,14-;/m0./s1. The van der Waals surface area contributed by atoms with Crippen LogP contribution < -0.4 is 0 Å². The summed E-state index contributed by atoms with van der Waals surface area (Å²) in [6.07, 6.45) is 4.23. The lowest BCUT2D eigenvalue weighted by molar-refractivity contribution is -0.292. The predicted molar refractivity (Wildman–Crippen MR) is 90.8 cm³/mol. The zero-order chi connectivity index (χ0) is 18.3. The molecule has 1 fully saturated rings. The molecule has 0 N–H and O–H groups in total. The molecule has 0 amide bonds. The van der Waals surface area contributed by atoms with Crippen LogP contribution in [-0.2, 0) is 23.7 Å². The van der Waals surface area contributed by atoms with Crippen molar-refractivity contribution >= 4 is 0 Å². The maximum Gasteiger partial charge on any atom is 0.165 e. The van der Waals surface area contributed by atoms with Gasteiger partial charge in [0.2, 0.25) is 0 Å². The van der Waals surface area contributed by atoms with Gasteiger partial charge in [-0.1, -0.05) is 26.7 Å². The fraction of sp³-hybridized carbons (Fsp3) is 0.889. The first-order valence-electron chi connectivity index (χ1n) is 8.26. The van der Waals surface area contributed by atoms with Crippen molar-refractivity contribution in [3.63, 3.8) is 0 Å². The number of rotatable bonds is 3. The summed E-state index contributed by atoms with van der Waals surface area (Å²) in [7, 11) is 1.59. The second-order valence-corrected chi connectivity index (χ2v) is 6.28. The van der Waals surface area contributed by atoms with Crippen LogP contribution >= 0.6 is 0 Å². The van der Waals surface area contributed by atoms with Crippen LogP contribution in [0.4, 0.5) is 0 Å². The summed E-state index contributed by atoms with van der Waals surface area (Å²) in [5, 5.41) is 0. The molecule has 5 nitrogen and oxygen atoms in total. The number of terminal acetylenes is 1. The van der Waals surface area contributed by atoms with Crippen LogP contribution in [0.2, 0.25) is 0 Å². The first-order chi connectivity index (χ1) is 10.6. The van der Waals surface area contributed by atoms with Gasteiger partial charge in [0, 0.05) is 13.0 Å². The number of hydrogen-bond acceptors (Lipinski definition) is 5. The Kier molecular flexibility index (Phi) is 9.34. The highest BCUT2D eigenvalue weighted by Crippen LogP contribution is 2.27. The van der Waals surface area contributed by atoms with Crippen molar-refractivity contribution in [2.45, 2.75) is 85.5 Å². The fourth-order valence-corrected chi connectivity index (χ4v) is 2.16. The molecule has 1 saturated heterocycles. The second kappa shape index (κ2) is 9.61. The van der Waals surface area contributed by atoms with E-state index in [0.29, 0.717) is 6.61 Å². The van der Waals surface area contributed by atoms with Crippen molar-refractivity contribution in [1.29, 1.82) is 0 Å². The van der Waals surface area contributed by atoms with Crippen LogP contribution in [0.25, 0.3) is 0 Å². The van der Waals surface area contributed by atoms with E-state index in [-0.39, 0.29) is 12.0 Å². The van der Waals surface area contributed by atoms with Gasteiger partial charge in [0.25, 0.3) is 0 Å². The van der Waals surface area contributed by atoms with Crippen molar-refractivity contribution in [2.24, 2.45) is 5.92 Å². The minimum Gasteiger partial charge on any atom is -0.354 e. The van der Waals surface area contributed by atoms with Crippen molar-refractivity contribution in [1.82, 2.24) is 0 Å². The minimum absolute atomic E-state index is 0.0219. The molecule has 1 aliphatic rings. The number of hydrogen-bond donors (Lipinski definition) is 0. The molecule has 0 spiro atoms. The molecule has 136 valence electrons. The Morgan fingerprint density at radius 1 is 1.22 bits per heavy atom. The van der Waals surface area contributed by atoms with E-state index in [4.69, 9.17) is 30.1 Å². The predicted octanol–water partition coefficient (Wildman–Crippen LogP) is 3.56. The lowest BCUT2D eigenvalue weighted by Crippen LogP contribution is -2.44. The highest BCUT2D eigenvalue weighted by molar-refractivity contribution is 5.01. The fourth-order valence-electron chi connectivity index (χ4n) is 2.16. The molecule has 0 saturated carbocycles. The quantitative estimate of drug-likeness (QED) is 0.585. The third-order valence-corrected chi connectivity index (χ3v) is 3.42. The highest BCUT2D eigenvalue weighted by atomic mass is 16.8. The maximum absolute atomic E-state index is 6.03. The molecule has 2 unspecified atom stereocenters. The molecule has 0 aliphatic carbocycles. The summed E-state index contributed by atoms with van der Waals surface area (Å²) in [4.78, 5) is 0. The lowest BCUT2D eigenvalue weighted by Gasteiger charge is -2.35. The van der Waals surface area contributed by atoms with Gasteiger partial charge in [0.15, 0.2) is 17.9 Å². The molecular weight excluding hydrogens is 296 g/mol. The molecule has 1 rings (SSSR count). The first kappa shape index (κ1) is 22.4. The Balaban J connectivity index is 0.00000232. The van der Waals surface area contributed by atoms with Crippen LogP contribution in [0.5, 0.6) is 0 Å². The molecule has 1 aliphatic heterocycles. The molecule has 1 heterocycles. The Hall–Kier alpha value is -0.640. The van der Waals surface area contributed by atoms with Gasteiger partial charge >= 0.3 is 0 Å². The normalized spacial score (nSPS) is 31.7. The van der Waals surface area contributed by atoms with Gasteiger partial charge in [-0.2, -0.15) is 0 Å². The Morgan fingerprint density at radius 2 is 1.78 bits per heavy atom. The van der Waals surface area contributed by atoms with Crippen molar-refractivity contribution in [3.8, 4) is 12.3 Å². The van der Waals surface area contributed by atoms with E-state index in [1.165, 1.54) is 0 Å². The van der Waals surface area contributed by atoms with E-state index in [1.807, 2.05) is 48.5 Å². The van der Waals surface area contributed by atoms with Gasteiger partial charge in [0.1, 0.15) is 12.2 Å². The van der Waals surface area contributed by atoms with Crippen LogP contribution in [-0.4, -0.2) is 43.8 Å². The third kappa shape index (κ3) is 7.65. The molecule has 0 radical (unpaired) electrons. The minimum atomic E-state index is -0.759. The third-order valence-electron chi connectivity index (χ3n) is 3.42. The molecule has 0 aromatic rings. The van der Waals surface area contributed by atoms with Gasteiger partial charge in [-0.3, -0.25) is 0 Å². The molecule has 0 aromatic carbocycles. The SMILES string of the molecule is C#CC1OC(C)OC(C)(C)OC[C@H](C)[C@@H]1OC(C)(C)OC.CC. The molecule has 23 heavy (non-hydrogen) atoms. The van der Waals surface area contributed by atoms with E-state index in [1.54, 1.807) is 14.0 Å². The zero-order valence-corrected chi connectivity index (χ0v) is 16.1. The maximum atomic E-state index is 6.03. The van der Waals surface area contributed by atoms with Gasteiger partial charge < -0.3 is 23.7 Å². The molecule has 4 atom stereocenters. The van der Waals surface area contributed by atoms with Crippen molar-refractivity contribution < 1.29 is 23.7 Å². The van der Waals surface area contributed by atoms with Gasteiger partial charge in [-0.25, -0.2) is 0 Å². The van der Waals surface area contributed by atoms with E-state index in [0.717, 1.165) is 0 Å². The summed E-state index contributed by atoms with van der Waals surface area (Å²) in [5.74, 6) is 1.17. The molecular formula is C18H34O5. The largest absolute Gasteiger partial charge is 0.354 e. The summed E-state index contributed by atoms with van der Waals surface area (Å²) in [5.41, 5.74) is 0. The monoisotopic (exact) mass is 330 g/mol.